The molecule has 0 bridgehead atoms. The van der Waals surface area contributed by atoms with Crippen LogP contribution in [0.3, 0.4) is 0 Å². The summed E-state index contributed by atoms with van der Waals surface area (Å²) in [5, 5.41) is 32.0. The van der Waals surface area contributed by atoms with Crippen molar-refractivity contribution in [2.24, 2.45) is 0 Å². The van der Waals surface area contributed by atoms with Gasteiger partial charge in [0.25, 0.3) is 0 Å². The van der Waals surface area contributed by atoms with Crippen molar-refractivity contribution in [2.45, 2.75) is 128 Å². The summed E-state index contributed by atoms with van der Waals surface area (Å²) >= 11 is 0. The largest absolute Gasteiger partial charge is 0.313 e. The number of rotatable bonds is 6. The first-order chi connectivity index (χ1) is 14.5. The van der Waals surface area contributed by atoms with E-state index in [0.29, 0.717) is 13.1 Å². The van der Waals surface area contributed by atoms with Crippen LogP contribution in [0.4, 0.5) is 0 Å². The second-order valence-electron chi connectivity index (χ2n) is 12.9. The van der Waals surface area contributed by atoms with Gasteiger partial charge in [0.15, 0.2) is 0 Å². The van der Waals surface area contributed by atoms with Crippen LogP contribution in [0.1, 0.15) is 92.2 Å². The van der Waals surface area contributed by atoms with Crippen LogP contribution in [-0.4, -0.2) is 54.8 Å². The molecule has 2 heterocycles. The molecule has 0 aromatic heterocycles. The molecule has 4 N–H and O–H groups in total. The minimum absolute atomic E-state index is 0.000388. The average Bonchev–Trinajstić information content (AvgIpc) is 2.58. The Hall–Kier alpha value is -1.02. The topological polar surface area (TPSA) is 71.0 Å². The van der Waals surface area contributed by atoms with E-state index in [1.165, 1.54) is 10.1 Å². The van der Waals surface area contributed by atoms with Crippen LogP contribution < -0.4 is 10.6 Å². The van der Waals surface area contributed by atoms with Crippen LogP contribution in [-0.2, 0) is 13.1 Å². The summed E-state index contributed by atoms with van der Waals surface area (Å²) in [5.41, 5.74) is 2.16. The molecule has 3 rings (SSSR count). The molecule has 6 nitrogen and oxygen atoms in total. The van der Waals surface area contributed by atoms with Gasteiger partial charge in [-0.3, -0.25) is 0 Å². The number of hydroxylamine groups is 4. The van der Waals surface area contributed by atoms with Gasteiger partial charge in [-0.05, 0) is 92.2 Å². The Kier molecular flexibility index (Phi) is 7.18. The first-order valence-electron chi connectivity index (χ1n) is 12.1. The molecular weight excluding hydrogens is 400 g/mol. The highest BCUT2D eigenvalue weighted by atomic mass is 16.5. The molecule has 2 aliphatic rings. The third-order valence-electron chi connectivity index (χ3n) is 6.89. The smallest absolute Gasteiger partial charge is 0.0491 e. The minimum atomic E-state index is -0.000388. The number of hydrogen-bond acceptors (Lipinski definition) is 6. The Bertz CT molecular complexity index is 676. The van der Waals surface area contributed by atoms with Crippen molar-refractivity contribution in [3.8, 4) is 0 Å². The molecule has 0 saturated carbocycles. The van der Waals surface area contributed by atoms with Gasteiger partial charge >= 0.3 is 0 Å². The molecule has 182 valence electrons. The summed E-state index contributed by atoms with van der Waals surface area (Å²) in [4.78, 5) is 0. The van der Waals surface area contributed by atoms with Crippen molar-refractivity contribution in [1.82, 2.24) is 20.8 Å². The van der Waals surface area contributed by atoms with E-state index in [0.717, 1.165) is 36.8 Å². The first kappa shape index (κ1) is 25.6. The molecule has 1 aromatic rings. The zero-order chi connectivity index (χ0) is 23.9. The predicted octanol–water partition coefficient (Wildman–Crippen LogP) is 4.69. The highest BCUT2D eigenvalue weighted by molar-refractivity contribution is 5.22. The molecule has 2 aliphatic heterocycles. The third kappa shape index (κ3) is 6.99. The van der Waals surface area contributed by atoms with Gasteiger partial charge in [-0.2, -0.15) is 10.1 Å². The van der Waals surface area contributed by atoms with Crippen LogP contribution in [0.2, 0.25) is 0 Å². The maximum absolute atomic E-state index is 10.8. The lowest BCUT2D eigenvalue weighted by Gasteiger charge is -2.48. The van der Waals surface area contributed by atoms with Gasteiger partial charge in [-0.15, -0.1) is 0 Å². The van der Waals surface area contributed by atoms with Crippen LogP contribution in [0.25, 0.3) is 0 Å². The zero-order valence-electron chi connectivity index (χ0n) is 21.5. The number of hydrogen-bond donors (Lipinski definition) is 4. The highest BCUT2D eigenvalue weighted by Crippen LogP contribution is 2.33. The van der Waals surface area contributed by atoms with Crippen LogP contribution in [0.15, 0.2) is 24.3 Å². The maximum atomic E-state index is 10.8. The fraction of sp³-hybridized carbons (Fsp3) is 0.769. The Balaban J connectivity index is 1.58. The Morgan fingerprint density at radius 1 is 0.625 bits per heavy atom. The molecule has 2 saturated heterocycles. The Morgan fingerprint density at radius 2 is 0.875 bits per heavy atom. The highest BCUT2D eigenvalue weighted by Gasteiger charge is 2.41. The molecule has 1 aromatic carbocycles. The van der Waals surface area contributed by atoms with E-state index in [1.54, 1.807) is 0 Å². The normalized spacial score (nSPS) is 25.4. The lowest BCUT2D eigenvalue weighted by atomic mass is 9.79. The second kappa shape index (κ2) is 8.97. The van der Waals surface area contributed by atoms with Crippen molar-refractivity contribution in [3.05, 3.63) is 35.4 Å². The van der Waals surface area contributed by atoms with E-state index in [2.05, 4.69) is 90.3 Å². The van der Waals surface area contributed by atoms with Crippen molar-refractivity contribution in [1.29, 1.82) is 0 Å². The molecule has 0 aliphatic carbocycles. The van der Waals surface area contributed by atoms with Gasteiger partial charge in [-0.25, -0.2) is 0 Å². The standard InChI is InChI=1S/C26H46N4O2/c1-23(2)13-21(14-24(3,4)27-23)29(31)17-19-9-11-20(12-10-19)18-30(32)22-15-25(5,6)28-26(7,8)16-22/h9-12,21-22,27-28,31-32H,13-18H2,1-8H3. The Labute approximate surface area is 195 Å². The second-order valence-corrected chi connectivity index (χ2v) is 12.9. The summed E-state index contributed by atoms with van der Waals surface area (Å²) in [7, 11) is 0. The number of nitrogens with one attached hydrogen (secondary N) is 2. The average molecular weight is 447 g/mol. The van der Waals surface area contributed by atoms with Crippen molar-refractivity contribution < 1.29 is 10.4 Å². The summed E-state index contributed by atoms with van der Waals surface area (Å²) in [6.45, 7) is 18.6. The van der Waals surface area contributed by atoms with Crippen molar-refractivity contribution in [3.63, 3.8) is 0 Å². The molecule has 2 fully saturated rings. The zero-order valence-corrected chi connectivity index (χ0v) is 21.5. The van der Waals surface area contributed by atoms with Gasteiger partial charge in [-0.1, -0.05) is 24.3 Å². The number of piperidine rings is 2. The Morgan fingerprint density at radius 3 is 1.12 bits per heavy atom. The quantitative estimate of drug-likeness (QED) is 0.475. The number of nitrogens with zero attached hydrogens (tertiary/aromatic N) is 2. The lowest BCUT2D eigenvalue weighted by molar-refractivity contribution is -0.157. The van der Waals surface area contributed by atoms with Gasteiger partial charge in [0.05, 0.1) is 0 Å². The first-order valence-corrected chi connectivity index (χ1v) is 12.1. The van der Waals surface area contributed by atoms with Crippen molar-refractivity contribution >= 4 is 0 Å². The van der Waals surface area contributed by atoms with E-state index in [9.17, 15) is 10.4 Å². The summed E-state index contributed by atoms with van der Waals surface area (Å²) < 4.78 is 0. The lowest BCUT2D eigenvalue weighted by Crippen LogP contribution is -2.61. The minimum Gasteiger partial charge on any atom is -0.313 e. The molecule has 0 radical (unpaired) electrons. The molecule has 0 unspecified atom stereocenters. The third-order valence-corrected chi connectivity index (χ3v) is 6.89. The van der Waals surface area contributed by atoms with Crippen LogP contribution >= 0.6 is 0 Å². The predicted molar refractivity (Wildman–Crippen MR) is 130 cm³/mol. The van der Waals surface area contributed by atoms with Crippen LogP contribution in [0.5, 0.6) is 0 Å². The van der Waals surface area contributed by atoms with Gasteiger partial charge < -0.3 is 21.0 Å². The van der Waals surface area contributed by atoms with Crippen molar-refractivity contribution in [2.75, 3.05) is 0 Å². The molecule has 0 atom stereocenters. The maximum Gasteiger partial charge on any atom is 0.0491 e. The monoisotopic (exact) mass is 446 g/mol. The SMILES string of the molecule is CC1(C)CC(N(O)Cc2ccc(CN(O)C3CC(C)(C)NC(C)(C)C3)cc2)CC(C)(C)N1. The van der Waals surface area contributed by atoms with Gasteiger partial charge in [0.2, 0.25) is 0 Å². The van der Waals surface area contributed by atoms with E-state index in [4.69, 9.17) is 0 Å². The van der Waals surface area contributed by atoms with E-state index >= 15 is 0 Å². The fourth-order valence-corrected chi connectivity index (χ4v) is 6.34. The summed E-state index contributed by atoms with van der Waals surface area (Å²) in [5.74, 6) is 0. The van der Waals surface area contributed by atoms with E-state index in [-0.39, 0.29) is 34.2 Å². The molecule has 0 spiro atoms. The van der Waals surface area contributed by atoms with Gasteiger partial charge in [0, 0.05) is 47.3 Å². The fourth-order valence-electron chi connectivity index (χ4n) is 6.34. The summed E-state index contributed by atoms with van der Waals surface area (Å²) in [6.07, 6.45) is 3.64. The van der Waals surface area contributed by atoms with E-state index in [1.807, 2.05) is 0 Å². The van der Waals surface area contributed by atoms with Crippen LogP contribution in [0, 0.1) is 0 Å². The molecule has 6 heteroatoms. The molecule has 32 heavy (non-hydrogen) atoms. The molecule has 0 amide bonds. The number of benzene rings is 1. The van der Waals surface area contributed by atoms with E-state index < -0.39 is 0 Å². The summed E-state index contributed by atoms with van der Waals surface area (Å²) in [6, 6.07) is 8.53. The molecular formula is C26H46N4O2. The van der Waals surface area contributed by atoms with Gasteiger partial charge in [0.1, 0.15) is 0 Å².